The molecular formula is C15H17N3O2. The van der Waals surface area contributed by atoms with Crippen molar-refractivity contribution in [3.8, 4) is 5.69 Å². The lowest BCUT2D eigenvalue weighted by atomic mass is 9.81. The van der Waals surface area contributed by atoms with Gasteiger partial charge < -0.3 is 5.11 Å². The van der Waals surface area contributed by atoms with Crippen molar-refractivity contribution >= 4 is 5.78 Å². The van der Waals surface area contributed by atoms with E-state index in [-0.39, 0.29) is 5.78 Å². The summed E-state index contributed by atoms with van der Waals surface area (Å²) in [5.41, 5.74) is -0.139. The normalized spacial score (nSPS) is 17.9. The Morgan fingerprint density at radius 1 is 1.15 bits per heavy atom. The number of hydrogen-bond donors (Lipinski definition) is 1. The van der Waals surface area contributed by atoms with Gasteiger partial charge in [-0.15, -0.1) is 5.10 Å². The molecule has 0 aliphatic heterocycles. The minimum atomic E-state index is -1.26. The van der Waals surface area contributed by atoms with Crippen LogP contribution >= 0.6 is 0 Å². The summed E-state index contributed by atoms with van der Waals surface area (Å²) in [6.45, 7) is 0. The summed E-state index contributed by atoms with van der Waals surface area (Å²) in [5.74, 6) is -0.272. The zero-order valence-electron chi connectivity index (χ0n) is 11.2. The number of carbonyl (C=O) groups excluding carboxylic acids is 1. The molecule has 0 unspecified atom stereocenters. The molecule has 1 N–H and O–H groups in total. The summed E-state index contributed by atoms with van der Waals surface area (Å²) in [7, 11) is 0. The van der Waals surface area contributed by atoms with Crippen molar-refractivity contribution in [1.29, 1.82) is 0 Å². The summed E-state index contributed by atoms with van der Waals surface area (Å²) < 4.78 is 1.49. The van der Waals surface area contributed by atoms with Crippen molar-refractivity contribution in [3.63, 3.8) is 0 Å². The Hall–Kier alpha value is -2.01. The number of aromatic nitrogens is 3. The Morgan fingerprint density at radius 3 is 2.55 bits per heavy atom. The van der Waals surface area contributed by atoms with Crippen molar-refractivity contribution in [3.05, 3.63) is 42.2 Å². The van der Waals surface area contributed by atoms with Gasteiger partial charge in [-0.2, -0.15) is 0 Å². The van der Waals surface area contributed by atoms with E-state index in [4.69, 9.17) is 0 Å². The van der Waals surface area contributed by atoms with Crippen LogP contribution in [0.5, 0.6) is 0 Å². The molecular weight excluding hydrogens is 254 g/mol. The third-order valence-electron chi connectivity index (χ3n) is 3.89. The fourth-order valence-electron chi connectivity index (χ4n) is 2.75. The van der Waals surface area contributed by atoms with Gasteiger partial charge in [0.15, 0.2) is 0 Å². The molecule has 1 heterocycles. The number of carbonyl (C=O) groups is 1. The number of ketones is 1. The van der Waals surface area contributed by atoms with Crippen LogP contribution in [0.1, 0.15) is 42.6 Å². The molecule has 0 radical (unpaired) electrons. The number of aliphatic hydroxyl groups is 1. The van der Waals surface area contributed by atoms with Crippen LogP contribution in [0.4, 0.5) is 0 Å². The van der Waals surface area contributed by atoms with Crippen LogP contribution in [0.3, 0.4) is 0 Å². The first-order valence-corrected chi connectivity index (χ1v) is 6.94. The van der Waals surface area contributed by atoms with E-state index < -0.39 is 5.60 Å². The van der Waals surface area contributed by atoms with Crippen LogP contribution in [-0.2, 0) is 0 Å². The van der Waals surface area contributed by atoms with Crippen molar-refractivity contribution in [1.82, 2.24) is 15.0 Å². The first-order chi connectivity index (χ1) is 9.71. The molecule has 1 fully saturated rings. The molecule has 0 atom stereocenters. The molecule has 0 spiro atoms. The molecule has 104 valence electrons. The monoisotopic (exact) mass is 271 g/mol. The summed E-state index contributed by atoms with van der Waals surface area (Å²) >= 11 is 0. The first-order valence-electron chi connectivity index (χ1n) is 6.94. The molecule has 3 rings (SSSR count). The molecule has 5 nitrogen and oxygen atoms in total. The average Bonchev–Trinajstić information content (AvgIpc) is 2.97. The lowest BCUT2D eigenvalue weighted by Crippen LogP contribution is -2.41. The van der Waals surface area contributed by atoms with Crippen molar-refractivity contribution in [2.45, 2.75) is 37.7 Å². The average molecular weight is 271 g/mol. The van der Waals surface area contributed by atoms with Gasteiger partial charge in [0.2, 0.25) is 5.78 Å². The van der Waals surface area contributed by atoms with E-state index in [2.05, 4.69) is 10.3 Å². The molecule has 20 heavy (non-hydrogen) atoms. The number of para-hydroxylation sites is 1. The topological polar surface area (TPSA) is 68.0 Å². The van der Waals surface area contributed by atoms with Gasteiger partial charge >= 0.3 is 0 Å². The maximum absolute atomic E-state index is 12.6. The van der Waals surface area contributed by atoms with Gasteiger partial charge in [-0.25, -0.2) is 4.68 Å². The predicted molar refractivity (Wildman–Crippen MR) is 73.7 cm³/mol. The second kappa shape index (κ2) is 5.17. The molecule has 1 saturated carbocycles. The zero-order valence-corrected chi connectivity index (χ0v) is 11.2. The van der Waals surface area contributed by atoms with Crippen molar-refractivity contribution in [2.75, 3.05) is 0 Å². The fourth-order valence-corrected chi connectivity index (χ4v) is 2.75. The maximum Gasteiger partial charge on any atom is 0.214 e. The molecule has 0 saturated heterocycles. The fraction of sp³-hybridized carbons (Fsp3) is 0.400. The molecule has 5 heteroatoms. The summed E-state index contributed by atoms with van der Waals surface area (Å²) in [5, 5.41) is 18.4. The SMILES string of the molecule is O=C(c1cnnn1-c1ccccc1)C1(O)CCCCC1. The van der Waals surface area contributed by atoms with E-state index >= 15 is 0 Å². The third kappa shape index (κ3) is 2.25. The number of Topliss-reactive ketones (excluding diaryl/α,β-unsaturated/α-hetero) is 1. The Kier molecular flexibility index (Phi) is 3.36. The lowest BCUT2D eigenvalue weighted by molar-refractivity contribution is 0.0109. The molecule has 0 amide bonds. The van der Waals surface area contributed by atoms with Gasteiger partial charge in [0.05, 0.1) is 11.9 Å². The highest BCUT2D eigenvalue weighted by atomic mass is 16.3. The number of benzene rings is 1. The van der Waals surface area contributed by atoms with Gasteiger partial charge in [0.1, 0.15) is 11.3 Å². The van der Waals surface area contributed by atoms with Gasteiger partial charge in [0.25, 0.3) is 0 Å². The van der Waals surface area contributed by atoms with E-state index in [1.807, 2.05) is 30.3 Å². The number of rotatable bonds is 3. The highest BCUT2D eigenvalue weighted by Crippen LogP contribution is 2.31. The van der Waals surface area contributed by atoms with Crippen LogP contribution in [0.2, 0.25) is 0 Å². The molecule has 1 aromatic carbocycles. The quantitative estimate of drug-likeness (QED) is 0.868. The van der Waals surface area contributed by atoms with Crippen LogP contribution in [-0.4, -0.2) is 31.5 Å². The van der Waals surface area contributed by atoms with E-state index in [1.54, 1.807) is 0 Å². The standard InChI is InChI=1S/C15H17N3O2/c19-14(15(20)9-5-2-6-10-15)13-11-16-17-18(13)12-7-3-1-4-8-12/h1,3-4,7-8,11,20H,2,5-6,9-10H2. The first kappa shape index (κ1) is 13.0. The second-order valence-corrected chi connectivity index (χ2v) is 5.29. The predicted octanol–water partition coefficient (Wildman–Crippen LogP) is 2.15. The Balaban J connectivity index is 1.95. The summed E-state index contributed by atoms with van der Waals surface area (Å²) in [6.07, 6.45) is 5.32. The van der Waals surface area contributed by atoms with E-state index in [0.717, 1.165) is 24.9 Å². The lowest BCUT2D eigenvalue weighted by Gasteiger charge is -2.30. The van der Waals surface area contributed by atoms with E-state index in [0.29, 0.717) is 18.5 Å². The minimum Gasteiger partial charge on any atom is -0.382 e. The van der Waals surface area contributed by atoms with Crippen molar-refractivity contribution < 1.29 is 9.90 Å². The van der Waals surface area contributed by atoms with E-state index in [9.17, 15) is 9.90 Å². The van der Waals surface area contributed by atoms with Crippen LogP contribution in [0, 0.1) is 0 Å². The number of nitrogens with zero attached hydrogens (tertiary/aromatic N) is 3. The molecule has 2 aromatic rings. The van der Waals surface area contributed by atoms with Crippen LogP contribution in [0.25, 0.3) is 5.69 Å². The van der Waals surface area contributed by atoms with Gasteiger partial charge in [-0.1, -0.05) is 42.7 Å². The highest BCUT2D eigenvalue weighted by molar-refractivity contribution is 6.01. The van der Waals surface area contributed by atoms with Gasteiger partial charge in [0, 0.05) is 0 Å². The summed E-state index contributed by atoms with van der Waals surface area (Å²) in [6, 6.07) is 9.37. The minimum absolute atomic E-state index is 0.272. The molecule has 1 aromatic heterocycles. The molecule has 1 aliphatic rings. The van der Waals surface area contributed by atoms with Crippen LogP contribution < -0.4 is 0 Å². The van der Waals surface area contributed by atoms with Gasteiger partial charge in [-0.05, 0) is 25.0 Å². The Bertz CT molecular complexity index is 601. The largest absolute Gasteiger partial charge is 0.382 e. The van der Waals surface area contributed by atoms with Gasteiger partial charge in [-0.3, -0.25) is 4.79 Å². The molecule has 0 bridgehead atoms. The number of hydrogen-bond acceptors (Lipinski definition) is 4. The summed E-state index contributed by atoms with van der Waals surface area (Å²) in [4.78, 5) is 12.6. The smallest absolute Gasteiger partial charge is 0.214 e. The highest BCUT2D eigenvalue weighted by Gasteiger charge is 2.39. The van der Waals surface area contributed by atoms with E-state index in [1.165, 1.54) is 10.9 Å². The Morgan fingerprint density at radius 2 is 1.85 bits per heavy atom. The Labute approximate surface area is 117 Å². The van der Waals surface area contributed by atoms with Crippen LogP contribution in [0.15, 0.2) is 36.5 Å². The maximum atomic E-state index is 12.6. The second-order valence-electron chi connectivity index (χ2n) is 5.29. The third-order valence-corrected chi connectivity index (χ3v) is 3.89. The molecule has 1 aliphatic carbocycles. The zero-order chi connectivity index (χ0) is 14.0. The van der Waals surface area contributed by atoms with Crippen molar-refractivity contribution in [2.24, 2.45) is 0 Å².